The number of nitrogens with zero attached hydrogens (tertiary/aromatic N) is 2. The fraction of sp³-hybridized carbons (Fsp3) is 0. The minimum absolute atomic E-state index is 0.0543. The second-order valence-corrected chi connectivity index (χ2v) is 3.06. The minimum atomic E-state index is -1.04. The van der Waals surface area contributed by atoms with Gasteiger partial charge in [0.15, 0.2) is 0 Å². The Bertz CT molecular complexity index is 570. The molecule has 0 fully saturated rings. The van der Waals surface area contributed by atoms with E-state index in [4.69, 9.17) is 5.21 Å². The first-order chi connectivity index (χ1) is 7.65. The lowest BCUT2D eigenvalue weighted by molar-refractivity contribution is -0.630. The highest BCUT2D eigenvalue weighted by Crippen LogP contribution is 2.04. The number of hydrogen-bond donors (Lipinski definition) is 2. The summed E-state index contributed by atoms with van der Waals surface area (Å²) in [5.41, 5.74) is 1.03. The predicted molar refractivity (Wildman–Crippen MR) is 51.1 cm³/mol. The van der Waals surface area contributed by atoms with Gasteiger partial charge in [0.05, 0.1) is 0 Å². The van der Waals surface area contributed by atoms with Gasteiger partial charge in [0, 0.05) is 12.1 Å². The molecule has 2 N–H and O–H groups in total. The summed E-state index contributed by atoms with van der Waals surface area (Å²) in [6.45, 7) is 0. The lowest BCUT2D eigenvalue weighted by atomic mass is 10.3. The van der Waals surface area contributed by atoms with E-state index in [9.17, 15) is 15.2 Å². The number of para-hydroxylation sites is 2. The zero-order chi connectivity index (χ0) is 11.7. The van der Waals surface area contributed by atoms with Gasteiger partial charge < -0.3 is 10.4 Å². The van der Waals surface area contributed by atoms with Gasteiger partial charge in [-0.15, -0.1) is 4.73 Å². The highest BCUT2D eigenvalue weighted by molar-refractivity contribution is 5.90. The molecule has 0 aliphatic heterocycles. The van der Waals surface area contributed by atoms with Crippen molar-refractivity contribution in [1.29, 1.82) is 0 Å². The molecule has 16 heavy (non-hydrogen) atoms. The summed E-state index contributed by atoms with van der Waals surface area (Å²) in [6, 6.07) is 6.03. The van der Waals surface area contributed by atoms with E-state index in [1.807, 2.05) is 0 Å². The zero-order valence-corrected chi connectivity index (χ0v) is 7.95. The maximum absolute atomic E-state index is 11.7. The number of carbonyl (C=O) groups is 1. The van der Waals surface area contributed by atoms with Crippen molar-refractivity contribution in [3.8, 4) is 0 Å². The molecule has 0 aliphatic rings. The van der Waals surface area contributed by atoms with Crippen molar-refractivity contribution in [3.63, 3.8) is 0 Å². The van der Waals surface area contributed by atoms with Crippen molar-refractivity contribution >= 4 is 16.9 Å². The molecule has 0 bridgehead atoms. The van der Waals surface area contributed by atoms with Gasteiger partial charge in [0.2, 0.25) is 0 Å². The first-order valence-electron chi connectivity index (χ1n) is 4.34. The van der Waals surface area contributed by atoms with Gasteiger partial charge >= 0.3 is 11.6 Å². The summed E-state index contributed by atoms with van der Waals surface area (Å²) >= 11 is 0. The van der Waals surface area contributed by atoms with E-state index in [0.717, 1.165) is 6.20 Å². The molecular formula is C9H7N3O4. The van der Waals surface area contributed by atoms with Crippen LogP contribution in [-0.4, -0.2) is 11.1 Å². The molecule has 2 aromatic rings. The number of benzene rings is 1. The van der Waals surface area contributed by atoms with Crippen molar-refractivity contribution in [2.24, 2.45) is 0 Å². The van der Waals surface area contributed by atoms with Crippen LogP contribution in [0.4, 0.5) is 0 Å². The molecular weight excluding hydrogens is 214 g/mol. The maximum atomic E-state index is 11.7. The Morgan fingerprint density at radius 3 is 2.50 bits per heavy atom. The number of rotatable bonds is 1. The number of hydroxylamine groups is 1. The van der Waals surface area contributed by atoms with Gasteiger partial charge in [-0.25, -0.2) is 5.48 Å². The Labute approximate surface area is 89.3 Å². The van der Waals surface area contributed by atoms with Gasteiger partial charge in [-0.2, -0.15) is 4.73 Å². The van der Waals surface area contributed by atoms with Crippen LogP contribution in [0.15, 0.2) is 30.5 Å². The highest BCUT2D eigenvalue weighted by Gasteiger charge is 2.24. The molecule has 1 aromatic carbocycles. The second-order valence-electron chi connectivity index (χ2n) is 3.06. The van der Waals surface area contributed by atoms with E-state index in [2.05, 4.69) is 0 Å². The largest absolute Gasteiger partial charge is 0.618 e. The van der Waals surface area contributed by atoms with Crippen LogP contribution >= 0.6 is 0 Å². The summed E-state index contributed by atoms with van der Waals surface area (Å²) in [5, 5.41) is 31.6. The summed E-state index contributed by atoms with van der Waals surface area (Å²) in [6.07, 6.45) is 0.806. The van der Waals surface area contributed by atoms with Crippen molar-refractivity contribution in [1.82, 2.24) is 5.48 Å². The van der Waals surface area contributed by atoms with E-state index in [1.54, 1.807) is 12.1 Å². The van der Waals surface area contributed by atoms with E-state index < -0.39 is 11.6 Å². The maximum Gasteiger partial charge on any atom is 0.350 e. The minimum Gasteiger partial charge on any atom is -0.618 e. The third-order valence-corrected chi connectivity index (χ3v) is 2.13. The Balaban J connectivity index is 2.80. The summed E-state index contributed by atoms with van der Waals surface area (Å²) < 4.78 is 0.684. The van der Waals surface area contributed by atoms with Crippen LogP contribution in [0.25, 0.3) is 11.0 Å². The van der Waals surface area contributed by atoms with Crippen LogP contribution in [0.2, 0.25) is 0 Å². The number of nitrogens with one attached hydrogen (secondary N) is 1. The van der Waals surface area contributed by atoms with Crippen molar-refractivity contribution in [2.75, 3.05) is 0 Å². The molecule has 1 aromatic heterocycles. The SMILES string of the molecule is O=C(NO)c1c[n+]([O-])c2ccccc2[n+]1[O-]. The monoisotopic (exact) mass is 221 g/mol. The van der Waals surface area contributed by atoms with Gasteiger partial charge in [-0.1, -0.05) is 12.1 Å². The van der Waals surface area contributed by atoms with Gasteiger partial charge in [-0.05, 0) is 0 Å². The van der Waals surface area contributed by atoms with Gasteiger partial charge in [0.25, 0.3) is 17.2 Å². The Morgan fingerprint density at radius 2 is 1.88 bits per heavy atom. The molecule has 82 valence electrons. The molecule has 0 saturated carbocycles. The molecule has 7 nitrogen and oxygen atoms in total. The standard InChI is InChI=1S/C9H7N3O4/c13-9(10-14)8-5-11(15)6-3-1-2-4-7(6)12(8)16/h1-5,14H,(H,10,13). The number of carbonyl (C=O) groups excluding carboxylic acids is 1. The van der Waals surface area contributed by atoms with Crippen LogP contribution in [0.5, 0.6) is 0 Å². The van der Waals surface area contributed by atoms with E-state index in [1.165, 1.54) is 17.6 Å². The molecule has 1 amide bonds. The molecule has 0 aliphatic carbocycles. The first kappa shape index (κ1) is 10.1. The van der Waals surface area contributed by atoms with Crippen molar-refractivity contribution in [3.05, 3.63) is 46.6 Å². The fourth-order valence-electron chi connectivity index (χ4n) is 1.39. The van der Waals surface area contributed by atoms with E-state index >= 15 is 0 Å². The molecule has 0 spiro atoms. The van der Waals surface area contributed by atoms with Gasteiger partial charge in [0.1, 0.15) is 0 Å². The molecule has 0 radical (unpaired) electrons. The Morgan fingerprint density at radius 1 is 1.25 bits per heavy atom. The molecule has 0 saturated heterocycles. The molecule has 0 unspecified atom stereocenters. The van der Waals surface area contributed by atoms with Crippen LogP contribution in [0.1, 0.15) is 10.5 Å². The molecule has 0 atom stereocenters. The number of fused-ring (bicyclic) bond motifs is 1. The van der Waals surface area contributed by atoms with E-state index in [-0.39, 0.29) is 15.8 Å². The molecule has 7 heteroatoms. The number of amides is 1. The predicted octanol–water partition coefficient (Wildman–Crippen LogP) is -0.774. The lowest BCUT2D eigenvalue weighted by Gasteiger charge is -2.06. The van der Waals surface area contributed by atoms with E-state index in [0.29, 0.717) is 4.73 Å². The topological polar surface area (TPSA) is 103 Å². The van der Waals surface area contributed by atoms with Crippen LogP contribution in [0, 0.1) is 10.4 Å². The fourth-order valence-corrected chi connectivity index (χ4v) is 1.39. The Kier molecular flexibility index (Phi) is 2.29. The summed E-state index contributed by atoms with van der Waals surface area (Å²) in [5.74, 6) is -1.04. The number of aromatic nitrogens is 2. The lowest BCUT2D eigenvalue weighted by Crippen LogP contribution is -2.45. The summed E-state index contributed by atoms with van der Waals surface area (Å²) in [7, 11) is 0. The van der Waals surface area contributed by atoms with Crippen molar-refractivity contribution in [2.45, 2.75) is 0 Å². The highest BCUT2D eigenvalue weighted by atomic mass is 16.5. The molecule has 1 heterocycles. The first-order valence-corrected chi connectivity index (χ1v) is 4.34. The quantitative estimate of drug-likeness (QED) is 0.285. The van der Waals surface area contributed by atoms with Crippen LogP contribution in [-0.2, 0) is 0 Å². The average molecular weight is 221 g/mol. The van der Waals surface area contributed by atoms with Crippen LogP contribution in [0.3, 0.4) is 0 Å². The second kappa shape index (κ2) is 3.63. The van der Waals surface area contributed by atoms with Crippen LogP contribution < -0.4 is 14.9 Å². The number of hydrogen-bond acceptors (Lipinski definition) is 4. The smallest absolute Gasteiger partial charge is 0.350 e. The zero-order valence-electron chi connectivity index (χ0n) is 7.95. The Hall–Kier alpha value is -2.41. The molecule has 2 rings (SSSR count). The van der Waals surface area contributed by atoms with Gasteiger partial charge in [-0.3, -0.25) is 10.0 Å². The third kappa shape index (κ3) is 1.39. The van der Waals surface area contributed by atoms with Crippen molar-refractivity contribution < 1.29 is 19.5 Å². The normalized spacial score (nSPS) is 10.3. The third-order valence-electron chi connectivity index (χ3n) is 2.13. The summed E-state index contributed by atoms with van der Waals surface area (Å²) in [4.78, 5) is 11.1. The average Bonchev–Trinajstić information content (AvgIpc) is 2.33.